The molecule has 7 nitrogen and oxygen atoms in total. The fourth-order valence-corrected chi connectivity index (χ4v) is 2.72. The predicted octanol–water partition coefficient (Wildman–Crippen LogP) is 2.62. The van der Waals surface area contributed by atoms with Crippen LogP contribution in [0.2, 0.25) is 0 Å². The van der Waals surface area contributed by atoms with Gasteiger partial charge in [0.25, 0.3) is 0 Å². The molecule has 0 aliphatic carbocycles. The van der Waals surface area contributed by atoms with Crippen molar-refractivity contribution in [2.75, 3.05) is 19.5 Å². The number of ether oxygens (including phenoxy) is 2. The van der Waals surface area contributed by atoms with Crippen LogP contribution >= 0.6 is 11.8 Å². The molecule has 0 bridgehead atoms. The lowest BCUT2D eigenvalue weighted by atomic mass is 10.4. The minimum Gasteiger partial charge on any atom is -0.462 e. The maximum atomic E-state index is 11.7. The van der Waals surface area contributed by atoms with Crippen molar-refractivity contribution in [3.8, 4) is 11.6 Å². The first kappa shape index (κ1) is 17.6. The molecule has 23 heavy (non-hydrogen) atoms. The third kappa shape index (κ3) is 5.11. The van der Waals surface area contributed by atoms with Crippen LogP contribution in [-0.4, -0.2) is 46.3 Å². The highest BCUT2D eigenvalue weighted by atomic mass is 32.2. The Morgan fingerprint density at radius 2 is 2.26 bits per heavy atom. The zero-order chi connectivity index (χ0) is 16.7. The average molecular weight is 339 g/mol. The normalized spacial score (nSPS) is 11.1. The molecule has 0 spiro atoms. The van der Waals surface area contributed by atoms with Gasteiger partial charge in [0.05, 0.1) is 18.1 Å². The van der Waals surface area contributed by atoms with Crippen molar-refractivity contribution in [3.05, 3.63) is 18.4 Å². The van der Waals surface area contributed by atoms with Crippen molar-refractivity contribution in [2.24, 2.45) is 0 Å². The smallest absolute Gasteiger partial charge is 0.316 e. The van der Waals surface area contributed by atoms with Crippen molar-refractivity contribution in [3.63, 3.8) is 0 Å². The molecule has 0 saturated carbocycles. The molecular weight excluding hydrogens is 318 g/mol. The van der Waals surface area contributed by atoms with Crippen LogP contribution in [0.4, 0.5) is 0 Å². The van der Waals surface area contributed by atoms with Gasteiger partial charge in [-0.3, -0.25) is 9.36 Å². The number of esters is 1. The molecule has 8 heteroatoms. The standard InChI is InChI=1S/C15H21N3O4S/c1-11(2)22-13(19)10-23-15-17-16-14(12-6-4-9-21-12)18(15)7-5-8-20-3/h4,6,9,11H,5,7-8,10H2,1-3H3. The molecule has 0 aromatic carbocycles. The Balaban J connectivity index is 2.10. The summed E-state index contributed by atoms with van der Waals surface area (Å²) < 4.78 is 17.6. The molecule has 0 atom stereocenters. The Hall–Kier alpha value is -1.80. The molecule has 0 unspecified atom stereocenters. The number of nitrogens with zero attached hydrogens (tertiary/aromatic N) is 3. The fourth-order valence-electron chi connectivity index (χ4n) is 1.97. The first-order valence-electron chi connectivity index (χ1n) is 7.40. The molecule has 0 saturated heterocycles. The van der Waals surface area contributed by atoms with Crippen LogP contribution in [0.1, 0.15) is 20.3 Å². The summed E-state index contributed by atoms with van der Waals surface area (Å²) >= 11 is 1.31. The Labute approximate surface area is 139 Å². The monoisotopic (exact) mass is 339 g/mol. The molecule has 0 aliphatic rings. The molecule has 2 aromatic rings. The summed E-state index contributed by atoms with van der Waals surface area (Å²) in [6, 6.07) is 3.63. The van der Waals surface area contributed by atoms with Gasteiger partial charge in [-0.2, -0.15) is 0 Å². The summed E-state index contributed by atoms with van der Waals surface area (Å²) in [6.45, 7) is 4.96. The maximum Gasteiger partial charge on any atom is 0.316 e. The quantitative estimate of drug-likeness (QED) is 0.395. The second-order valence-electron chi connectivity index (χ2n) is 5.11. The number of furan rings is 1. The molecule has 2 heterocycles. The van der Waals surface area contributed by atoms with E-state index in [1.54, 1.807) is 19.4 Å². The number of carbonyl (C=O) groups is 1. The largest absolute Gasteiger partial charge is 0.462 e. The predicted molar refractivity (Wildman–Crippen MR) is 86.2 cm³/mol. The highest BCUT2D eigenvalue weighted by Crippen LogP contribution is 2.24. The lowest BCUT2D eigenvalue weighted by molar-refractivity contribution is -0.144. The van der Waals surface area contributed by atoms with E-state index in [-0.39, 0.29) is 17.8 Å². The second-order valence-corrected chi connectivity index (χ2v) is 6.05. The van der Waals surface area contributed by atoms with Gasteiger partial charge in [-0.05, 0) is 32.4 Å². The fraction of sp³-hybridized carbons (Fsp3) is 0.533. The SMILES string of the molecule is COCCCn1c(SCC(=O)OC(C)C)nnc1-c1ccco1. The summed E-state index contributed by atoms with van der Waals surface area (Å²) in [5, 5.41) is 9.01. The van der Waals surface area contributed by atoms with Crippen LogP contribution in [0.25, 0.3) is 11.6 Å². The Bertz CT molecular complexity index is 610. The van der Waals surface area contributed by atoms with Crippen LogP contribution in [0.3, 0.4) is 0 Å². The first-order valence-corrected chi connectivity index (χ1v) is 8.38. The van der Waals surface area contributed by atoms with E-state index in [0.717, 1.165) is 6.42 Å². The summed E-state index contributed by atoms with van der Waals surface area (Å²) in [5.41, 5.74) is 0. The van der Waals surface area contributed by atoms with E-state index in [2.05, 4.69) is 10.2 Å². The third-order valence-electron chi connectivity index (χ3n) is 2.87. The molecule has 2 rings (SSSR count). The average Bonchev–Trinajstić information content (AvgIpc) is 3.13. The van der Waals surface area contributed by atoms with Crippen LogP contribution in [0.5, 0.6) is 0 Å². The Kier molecular flexibility index (Phi) is 6.66. The molecule has 0 N–H and O–H groups in total. The molecule has 0 radical (unpaired) electrons. The van der Waals surface area contributed by atoms with Crippen molar-refractivity contribution in [1.82, 2.24) is 14.8 Å². The second kappa shape index (κ2) is 8.73. The molecular formula is C15H21N3O4S. The number of hydrogen-bond acceptors (Lipinski definition) is 7. The number of rotatable bonds is 9. The van der Waals surface area contributed by atoms with Gasteiger partial charge in [0.2, 0.25) is 0 Å². The van der Waals surface area contributed by atoms with E-state index in [1.807, 2.05) is 24.5 Å². The van der Waals surface area contributed by atoms with Crippen molar-refractivity contribution >= 4 is 17.7 Å². The van der Waals surface area contributed by atoms with Gasteiger partial charge in [-0.15, -0.1) is 10.2 Å². The van der Waals surface area contributed by atoms with Gasteiger partial charge >= 0.3 is 5.97 Å². The number of hydrogen-bond donors (Lipinski definition) is 0. The van der Waals surface area contributed by atoms with Crippen LogP contribution in [0.15, 0.2) is 28.0 Å². The number of carbonyl (C=O) groups excluding carboxylic acids is 1. The van der Waals surface area contributed by atoms with E-state index in [0.29, 0.717) is 29.9 Å². The minimum atomic E-state index is -0.268. The zero-order valence-corrected chi connectivity index (χ0v) is 14.3. The van der Waals surface area contributed by atoms with E-state index in [1.165, 1.54) is 11.8 Å². The van der Waals surface area contributed by atoms with Gasteiger partial charge in [0.1, 0.15) is 0 Å². The number of aromatic nitrogens is 3. The number of methoxy groups -OCH3 is 1. The van der Waals surface area contributed by atoms with Gasteiger partial charge in [-0.1, -0.05) is 11.8 Å². The van der Waals surface area contributed by atoms with E-state index >= 15 is 0 Å². The van der Waals surface area contributed by atoms with Gasteiger partial charge in [0, 0.05) is 20.3 Å². The molecule has 126 valence electrons. The molecule has 2 aromatic heterocycles. The van der Waals surface area contributed by atoms with Crippen LogP contribution < -0.4 is 0 Å². The van der Waals surface area contributed by atoms with Crippen LogP contribution in [0, 0.1) is 0 Å². The Morgan fingerprint density at radius 3 is 2.91 bits per heavy atom. The number of thioether (sulfide) groups is 1. The molecule has 0 fully saturated rings. The summed E-state index contributed by atoms with van der Waals surface area (Å²) in [5.74, 6) is 1.21. The molecule has 0 amide bonds. The highest BCUT2D eigenvalue weighted by Gasteiger charge is 2.17. The topological polar surface area (TPSA) is 79.4 Å². The first-order chi connectivity index (χ1) is 11.1. The molecule has 0 aliphatic heterocycles. The van der Waals surface area contributed by atoms with Gasteiger partial charge in [-0.25, -0.2) is 0 Å². The van der Waals surface area contributed by atoms with Crippen molar-refractivity contribution < 1.29 is 18.7 Å². The van der Waals surface area contributed by atoms with Crippen molar-refractivity contribution in [2.45, 2.75) is 38.1 Å². The van der Waals surface area contributed by atoms with Crippen molar-refractivity contribution in [1.29, 1.82) is 0 Å². The zero-order valence-electron chi connectivity index (χ0n) is 13.5. The Morgan fingerprint density at radius 1 is 1.43 bits per heavy atom. The highest BCUT2D eigenvalue weighted by molar-refractivity contribution is 7.99. The van der Waals surface area contributed by atoms with E-state index in [4.69, 9.17) is 13.9 Å². The maximum absolute atomic E-state index is 11.7. The van der Waals surface area contributed by atoms with Gasteiger partial charge in [0.15, 0.2) is 16.7 Å². The third-order valence-corrected chi connectivity index (χ3v) is 3.82. The van der Waals surface area contributed by atoms with E-state index in [9.17, 15) is 4.79 Å². The summed E-state index contributed by atoms with van der Waals surface area (Å²) in [4.78, 5) is 11.7. The van der Waals surface area contributed by atoms with Gasteiger partial charge < -0.3 is 13.9 Å². The summed E-state index contributed by atoms with van der Waals surface area (Å²) in [6.07, 6.45) is 2.28. The van der Waals surface area contributed by atoms with E-state index < -0.39 is 0 Å². The van der Waals surface area contributed by atoms with Crippen LogP contribution in [-0.2, 0) is 20.8 Å². The summed E-state index contributed by atoms with van der Waals surface area (Å²) in [7, 11) is 1.66. The lowest BCUT2D eigenvalue weighted by Gasteiger charge is -2.09. The lowest BCUT2D eigenvalue weighted by Crippen LogP contribution is -2.14. The minimum absolute atomic E-state index is 0.124.